The highest BCUT2D eigenvalue weighted by molar-refractivity contribution is 9.10. The SMILES string of the molecule is Cc1ccc(-c2ccnc3c2c(C)nn3CC(=O)Nc2c(C)nn(Cc3ccc(Br)cc3)c2C)cc1. The van der Waals surface area contributed by atoms with Gasteiger partial charge < -0.3 is 5.32 Å². The molecule has 0 unspecified atom stereocenters. The van der Waals surface area contributed by atoms with E-state index in [4.69, 9.17) is 0 Å². The average Bonchev–Trinajstić information content (AvgIpc) is 3.31. The quantitative estimate of drug-likeness (QED) is 0.286. The van der Waals surface area contributed by atoms with Gasteiger partial charge in [-0.25, -0.2) is 9.67 Å². The molecule has 2 aromatic carbocycles. The van der Waals surface area contributed by atoms with Crippen molar-refractivity contribution in [2.75, 3.05) is 5.32 Å². The second-order valence-electron chi connectivity index (χ2n) is 9.04. The predicted molar refractivity (Wildman–Crippen MR) is 146 cm³/mol. The number of carbonyl (C=O) groups is 1. The molecule has 8 heteroatoms. The van der Waals surface area contributed by atoms with Gasteiger partial charge in [0.05, 0.1) is 29.3 Å². The molecule has 0 aliphatic heterocycles. The normalized spacial score (nSPS) is 11.2. The summed E-state index contributed by atoms with van der Waals surface area (Å²) in [6.45, 7) is 8.59. The smallest absolute Gasteiger partial charge is 0.246 e. The van der Waals surface area contributed by atoms with Gasteiger partial charge in [-0.05, 0) is 62.6 Å². The summed E-state index contributed by atoms with van der Waals surface area (Å²) < 4.78 is 4.63. The molecule has 0 spiro atoms. The van der Waals surface area contributed by atoms with Crippen molar-refractivity contribution < 1.29 is 4.79 Å². The van der Waals surface area contributed by atoms with Crippen LogP contribution in [-0.2, 0) is 17.9 Å². The summed E-state index contributed by atoms with van der Waals surface area (Å²) in [6, 6.07) is 18.5. The number of amides is 1. The first-order valence-corrected chi connectivity index (χ1v) is 12.6. The Morgan fingerprint density at radius 3 is 2.31 bits per heavy atom. The van der Waals surface area contributed by atoms with Crippen LogP contribution in [0.5, 0.6) is 0 Å². The van der Waals surface area contributed by atoms with Gasteiger partial charge in [0.15, 0.2) is 5.65 Å². The van der Waals surface area contributed by atoms with Gasteiger partial charge in [0.25, 0.3) is 0 Å². The number of halogens is 1. The minimum atomic E-state index is -0.170. The molecule has 0 saturated heterocycles. The molecule has 1 N–H and O–H groups in total. The first kappa shape index (κ1) is 23.9. The Balaban J connectivity index is 1.38. The molecule has 182 valence electrons. The number of aryl methyl sites for hydroxylation is 3. The summed E-state index contributed by atoms with van der Waals surface area (Å²) in [6.07, 6.45) is 1.77. The van der Waals surface area contributed by atoms with Gasteiger partial charge in [0, 0.05) is 16.1 Å². The summed E-state index contributed by atoms with van der Waals surface area (Å²) >= 11 is 3.47. The van der Waals surface area contributed by atoms with Crippen molar-refractivity contribution in [3.8, 4) is 11.1 Å². The highest BCUT2D eigenvalue weighted by Gasteiger charge is 2.18. The van der Waals surface area contributed by atoms with Crippen molar-refractivity contribution in [1.82, 2.24) is 24.5 Å². The number of rotatable bonds is 6. The molecule has 0 radical (unpaired) electrons. The zero-order valence-electron chi connectivity index (χ0n) is 20.7. The maximum absolute atomic E-state index is 13.1. The number of hydrogen-bond acceptors (Lipinski definition) is 4. The molecule has 36 heavy (non-hydrogen) atoms. The van der Waals surface area contributed by atoms with Crippen LogP contribution in [0.15, 0.2) is 65.3 Å². The highest BCUT2D eigenvalue weighted by atomic mass is 79.9. The number of benzene rings is 2. The zero-order chi connectivity index (χ0) is 25.4. The fourth-order valence-electron chi connectivity index (χ4n) is 4.47. The molecule has 0 aliphatic carbocycles. The third kappa shape index (κ3) is 4.68. The molecule has 3 heterocycles. The maximum atomic E-state index is 13.1. The van der Waals surface area contributed by atoms with Gasteiger partial charge >= 0.3 is 0 Å². The Morgan fingerprint density at radius 1 is 0.889 bits per heavy atom. The topological polar surface area (TPSA) is 77.6 Å². The molecule has 3 aromatic heterocycles. The summed E-state index contributed by atoms with van der Waals surface area (Å²) in [5.74, 6) is -0.170. The van der Waals surface area contributed by atoms with E-state index in [1.807, 2.05) is 43.7 Å². The van der Waals surface area contributed by atoms with E-state index in [-0.39, 0.29) is 12.5 Å². The molecular weight excluding hydrogens is 516 g/mol. The monoisotopic (exact) mass is 542 g/mol. The second-order valence-corrected chi connectivity index (χ2v) is 9.96. The Hall–Kier alpha value is -3.78. The summed E-state index contributed by atoms with van der Waals surface area (Å²) in [4.78, 5) is 17.7. The molecule has 5 rings (SSSR count). The molecule has 0 atom stereocenters. The largest absolute Gasteiger partial charge is 0.321 e. The van der Waals surface area contributed by atoms with Crippen molar-refractivity contribution >= 4 is 38.6 Å². The van der Waals surface area contributed by atoms with Crippen LogP contribution >= 0.6 is 15.9 Å². The van der Waals surface area contributed by atoms with Crippen LogP contribution in [0.1, 0.15) is 28.2 Å². The van der Waals surface area contributed by atoms with Gasteiger partial charge in [-0.3, -0.25) is 9.48 Å². The Kier molecular flexibility index (Phi) is 6.45. The van der Waals surface area contributed by atoms with Crippen LogP contribution < -0.4 is 5.32 Å². The van der Waals surface area contributed by atoms with E-state index in [2.05, 4.69) is 79.8 Å². The third-order valence-corrected chi connectivity index (χ3v) is 6.88. The minimum absolute atomic E-state index is 0.0610. The van der Waals surface area contributed by atoms with E-state index in [0.29, 0.717) is 12.2 Å². The number of aromatic nitrogens is 5. The number of nitrogens with one attached hydrogen (secondary N) is 1. The third-order valence-electron chi connectivity index (χ3n) is 6.36. The fraction of sp³-hybridized carbons (Fsp3) is 0.214. The van der Waals surface area contributed by atoms with Crippen LogP contribution in [0.4, 0.5) is 5.69 Å². The lowest BCUT2D eigenvalue weighted by atomic mass is 10.0. The zero-order valence-corrected chi connectivity index (χ0v) is 22.3. The number of anilines is 1. The van der Waals surface area contributed by atoms with E-state index in [1.54, 1.807) is 10.9 Å². The summed E-state index contributed by atoms with van der Waals surface area (Å²) in [5, 5.41) is 13.3. The van der Waals surface area contributed by atoms with Crippen molar-refractivity contribution in [2.45, 2.75) is 40.8 Å². The number of hydrogen-bond donors (Lipinski definition) is 1. The number of pyridine rings is 1. The first-order valence-electron chi connectivity index (χ1n) is 11.8. The lowest BCUT2D eigenvalue weighted by Crippen LogP contribution is -2.20. The highest BCUT2D eigenvalue weighted by Crippen LogP contribution is 2.30. The molecule has 0 fully saturated rings. The van der Waals surface area contributed by atoms with Crippen LogP contribution in [0, 0.1) is 27.7 Å². The summed E-state index contributed by atoms with van der Waals surface area (Å²) in [7, 11) is 0. The van der Waals surface area contributed by atoms with Crippen molar-refractivity contribution in [2.24, 2.45) is 0 Å². The molecular formula is C28H27BrN6O. The number of carbonyl (C=O) groups excluding carboxylic acids is 1. The molecule has 0 aliphatic rings. The lowest BCUT2D eigenvalue weighted by molar-refractivity contribution is -0.116. The van der Waals surface area contributed by atoms with Crippen LogP contribution in [0.3, 0.4) is 0 Å². The Bertz CT molecular complexity index is 1560. The van der Waals surface area contributed by atoms with Gasteiger partial charge in [0.2, 0.25) is 5.91 Å². The molecule has 7 nitrogen and oxygen atoms in total. The van der Waals surface area contributed by atoms with Crippen molar-refractivity contribution in [3.05, 3.63) is 93.5 Å². The fourth-order valence-corrected chi connectivity index (χ4v) is 4.74. The minimum Gasteiger partial charge on any atom is -0.321 e. The predicted octanol–water partition coefficient (Wildman–Crippen LogP) is 5.98. The van der Waals surface area contributed by atoms with E-state index >= 15 is 0 Å². The maximum Gasteiger partial charge on any atom is 0.246 e. The lowest BCUT2D eigenvalue weighted by Gasteiger charge is -2.08. The van der Waals surface area contributed by atoms with Gasteiger partial charge in [0.1, 0.15) is 6.54 Å². The van der Waals surface area contributed by atoms with E-state index < -0.39 is 0 Å². The first-order chi connectivity index (χ1) is 17.3. The van der Waals surface area contributed by atoms with Crippen LogP contribution in [-0.4, -0.2) is 30.5 Å². The van der Waals surface area contributed by atoms with E-state index in [1.165, 1.54) is 5.56 Å². The number of fused-ring (bicyclic) bond motifs is 1. The Labute approximate surface area is 218 Å². The molecule has 0 bridgehead atoms. The van der Waals surface area contributed by atoms with E-state index in [9.17, 15) is 4.79 Å². The average molecular weight is 543 g/mol. The molecule has 5 aromatic rings. The Morgan fingerprint density at radius 2 is 1.58 bits per heavy atom. The molecule has 0 saturated carbocycles. The van der Waals surface area contributed by atoms with Crippen molar-refractivity contribution in [1.29, 1.82) is 0 Å². The standard InChI is InChI=1S/C28H27BrN6O/c1-17-5-9-22(10-6-17)24-13-14-30-28-26(24)18(2)32-35(28)16-25(36)31-27-19(3)33-34(20(27)4)15-21-7-11-23(29)12-8-21/h5-14H,15-16H2,1-4H3,(H,31,36). The molecule has 1 amide bonds. The summed E-state index contributed by atoms with van der Waals surface area (Å²) in [5.41, 5.74) is 8.46. The van der Waals surface area contributed by atoms with Crippen molar-refractivity contribution in [3.63, 3.8) is 0 Å². The van der Waals surface area contributed by atoms with Gasteiger partial charge in [-0.15, -0.1) is 0 Å². The second kappa shape index (κ2) is 9.70. The van der Waals surface area contributed by atoms with Gasteiger partial charge in [-0.1, -0.05) is 57.9 Å². The van der Waals surface area contributed by atoms with Crippen LogP contribution in [0.25, 0.3) is 22.2 Å². The van der Waals surface area contributed by atoms with Crippen LogP contribution in [0.2, 0.25) is 0 Å². The number of nitrogens with zero attached hydrogens (tertiary/aromatic N) is 5. The van der Waals surface area contributed by atoms with E-state index in [0.717, 1.165) is 49.3 Å². The van der Waals surface area contributed by atoms with Gasteiger partial charge in [-0.2, -0.15) is 10.2 Å².